The monoisotopic (exact) mass is 370 g/mol. The van der Waals surface area contributed by atoms with E-state index in [0.29, 0.717) is 30.5 Å². The van der Waals surface area contributed by atoms with Crippen LogP contribution in [0.25, 0.3) is 0 Å². The largest absolute Gasteiger partial charge is 0.493 e. The first-order valence-electron chi connectivity index (χ1n) is 9.14. The molecule has 2 aromatic rings. The smallest absolute Gasteiger partial charge is 0.238 e. The Morgan fingerprint density at radius 3 is 2.22 bits per heavy atom. The number of hydrogen-bond donors (Lipinski definition) is 1. The number of carbonyl (C=O) groups is 1. The van der Waals surface area contributed by atoms with Crippen molar-refractivity contribution in [3.05, 3.63) is 53.1 Å². The van der Waals surface area contributed by atoms with Crippen LogP contribution >= 0.6 is 0 Å². The normalized spacial score (nSPS) is 11.0. The van der Waals surface area contributed by atoms with Crippen LogP contribution in [0.5, 0.6) is 11.5 Å². The molecule has 0 heterocycles. The van der Waals surface area contributed by atoms with Crippen molar-refractivity contribution in [2.45, 2.75) is 33.2 Å². The molecule has 2 rings (SSSR count). The molecule has 0 unspecified atom stereocenters. The Hall–Kier alpha value is -2.53. The summed E-state index contributed by atoms with van der Waals surface area (Å²) in [6, 6.07) is 11.9. The van der Waals surface area contributed by atoms with Gasteiger partial charge in [0.2, 0.25) is 5.91 Å². The summed E-state index contributed by atoms with van der Waals surface area (Å²) in [7, 11) is 5.18. The molecule has 0 aliphatic carbocycles. The van der Waals surface area contributed by atoms with Crippen LogP contribution < -0.4 is 14.8 Å². The average Bonchev–Trinajstić information content (AvgIpc) is 2.63. The van der Waals surface area contributed by atoms with Crippen molar-refractivity contribution in [3.8, 4) is 11.5 Å². The van der Waals surface area contributed by atoms with E-state index in [4.69, 9.17) is 9.47 Å². The number of anilines is 1. The van der Waals surface area contributed by atoms with Gasteiger partial charge >= 0.3 is 0 Å². The first kappa shape index (κ1) is 20.8. The Morgan fingerprint density at radius 1 is 1.07 bits per heavy atom. The zero-order valence-corrected chi connectivity index (χ0v) is 17.1. The van der Waals surface area contributed by atoms with Crippen molar-refractivity contribution < 1.29 is 14.3 Å². The minimum atomic E-state index is -0.0343. The minimum Gasteiger partial charge on any atom is -0.493 e. The maximum absolute atomic E-state index is 12.3. The van der Waals surface area contributed by atoms with Crippen molar-refractivity contribution in [1.82, 2.24) is 4.90 Å². The number of nitrogens with zero attached hydrogens (tertiary/aromatic N) is 1. The van der Waals surface area contributed by atoms with Crippen LogP contribution in [0.2, 0.25) is 0 Å². The van der Waals surface area contributed by atoms with Crippen LogP contribution in [-0.2, 0) is 11.3 Å². The predicted octanol–water partition coefficient (Wildman–Crippen LogP) is 4.21. The van der Waals surface area contributed by atoms with Crippen LogP contribution in [0.4, 0.5) is 5.69 Å². The Balaban J connectivity index is 1.96. The second kappa shape index (κ2) is 9.42. The summed E-state index contributed by atoms with van der Waals surface area (Å²) in [5, 5.41) is 2.95. The molecule has 0 saturated heterocycles. The van der Waals surface area contributed by atoms with Gasteiger partial charge in [0.25, 0.3) is 0 Å². The SMILES string of the molecule is COc1cc(C)c(CN(C)CC(=O)Nc2ccc(C(C)C)cc2)cc1OC. The standard InChI is InChI=1S/C22H30N2O3/c1-15(2)17-7-9-19(10-8-17)23-22(25)14-24(4)13-18-12-21(27-6)20(26-5)11-16(18)3/h7-12,15H,13-14H2,1-6H3,(H,23,25). The summed E-state index contributed by atoms with van der Waals surface area (Å²) >= 11 is 0. The van der Waals surface area contributed by atoms with Gasteiger partial charge in [-0.15, -0.1) is 0 Å². The lowest BCUT2D eigenvalue weighted by Gasteiger charge is -2.19. The van der Waals surface area contributed by atoms with Crippen molar-refractivity contribution in [2.75, 3.05) is 33.1 Å². The topological polar surface area (TPSA) is 50.8 Å². The number of amides is 1. The summed E-state index contributed by atoms with van der Waals surface area (Å²) in [6.07, 6.45) is 0. The molecule has 5 nitrogen and oxygen atoms in total. The summed E-state index contributed by atoms with van der Waals surface area (Å²) in [6.45, 7) is 7.28. The lowest BCUT2D eigenvalue weighted by Crippen LogP contribution is -2.30. The summed E-state index contributed by atoms with van der Waals surface area (Å²) in [5.74, 6) is 1.85. The number of ether oxygens (including phenoxy) is 2. The predicted molar refractivity (Wildman–Crippen MR) is 110 cm³/mol. The highest BCUT2D eigenvalue weighted by atomic mass is 16.5. The minimum absolute atomic E-state index is 0.0343. The lowest BCUT2D eigenvalue weighted by molar-refractivity contribution is -0.117. The van der Waals surface area contributed by atoms with Crippen molar-refractivity contribution >= 4 is 11.6 Å². The van der Waals surface area contributed by atoms with Crippen molar-refractivity contribution in [2.24, 2.45) is 0 Å². The third-order valence-electron chi connectivity index (χ3n) is 4.56. The highest BCUT2D eigenvalue weighted by molar-refractivity contribution is 5.92. The van der Waals surface area contributed by atoms with Crippen LogP contribution in [0.15, 0.2) is 36.4 Å². The molecule has 0 spiro atoms. The van der Waals surface area contributed by atoms with E-state index in [1.807, 2.05) is 43.1 Å². The van der Waals surface area contributed by atoms with Crippen molar-refractivity contribution in [1.29, 1.82) is 0 Å². The molecular weight excluding hydrogens is 340 g/mol. The van der Waals surface area contributed by atoms with Crippen LogP contribution in [0.3, 0.4) is 0 Å². The molecule has 0 fully saturated rings. The third-order valence-corrected chi connectivity index (χ3v) is 4.56. The second-order valence-corrected chi connectivity index (χ2v) is 7.13. The number of aryl methyl sites for hydroxylation is 1. The van der Waals surface area contributed by atoms with Gasteiger partial charge in [-0.25, -0.2) is 0 Å². The number of benzene rings is 2. The first-order valence-corrected chi connectivity index (χ1v) is 9.14. The van der Waals surface area contributed by atoms with Crippen LogP contribution in [0.1, 0.15) is 36.5 Å². The highest BCUT2D eigenvalue weighted by Crippen LogP contribution is 2.30. The molecule has 0 saturated carbocycles. The van der Waals surface area contributed by atoms with Crippen LogP contribution in [0, 0.1) is 6.92 Å². The summed E-state index contributed by atoms with van der Waals surface area (Å²) in [4.78, 5) is 14.3. The number of nitrogens with one attached hydrogen (secondary N) is 1. The van der Waals surface area contributed by atoms with Gasteiger partial charge in [-0.1, -0.05) is 26.0 Å². The number of hydrogen-bond acceptors (Lipinski definition) is 4. The Kier molecular flexibility index (Phi) is 7.25. The molecule has 0 bridgehead atoms. The molecule has 146 valence electrons. The average molecular weight is 370 g/mol. The quantitative estimate of drug-likeness (QED) is 0.756. The molecule has 0 atom stereocenters. The van der Waals surface area contributed by atoms with Gasteiger partial charge < -0.3 is 14.8 Å². The van der Waals surface area contributed by atoms with E-state index in [9.17, 15) is 4.79 Å². The zero-order valence-electron chi connectivity index (χ0n) is 17.1. The van der Waals surface area contributed by atoms with Gasteiger partial charge in [-0.05, 0) is 60.8 Å². The number of carbonyl (C=O) groups excluding carboxylic acids is 1. The second-order valence-electron chi connectivity index (χ2n) is 7.13. The van der Waals surface area contributed by atoms with Gasteiger partial charge in [0.05, 0.1) is 20.8 Å². The molecule has 0 radical (unpaired) electrons. The van der Waals surface area contributed by atoms with E-state index >= 15 is 0 Å². The molecule has 1 N–H and O–H groups in total. The van der Waals surface area contributed by atoms with E-state index in [2.05, 4.69) is 31.3 Å². The summed E-state index contributed by atoms with van der Waals surface area (Å²) < 4.78 is 10.7. The van der Waals surface area contributed by atoms with Gasteiger partial charge in [-0.2, -0.15) is 0 Å². The molecule has 5 heteroatoms. The first-order chi connectivity index (χ1) is 12.8. The molecule has 0 aliphatic heterocycles. The van der Waals surface area contributed by atoms with Gasteiger partial charge in [0.1, 0.15) is 0 Å². The highest BCUT2D eigenvalue weighted by Gasteiger charge is 2.13. The zero-order chi connectivity index (χ0) is 20.0. The molecular formula is C22H30N2O3. The lowest BCUT2D eigenvalue weighted by atomic mass is 10.0. The van der Waals surface area contributed by atoms with E-state index in [-0.39, 0.29) is 5.91 Å². The molecule has 27 heavy (non-hydrogen) atoms. The molecule has 0 aliphatic rings. The van der Waals surface area contributed by atoms with E-state index in [1.165, 1.54) is 5.56 Å². The Bertz CT molecular complexity index is 770. The van der Waals surface area contributed by atoms with E-state index < -0.39 is 0 Å². The fourth-order valence-electron chi connectivity index (χ4n) is 2.94. The van der Waals surface area contributed by atoms with Gasteiger partial charge in [-0.3, -0.25) is 9.69 Å². The van der Waals surface area contributed by atoms with E-state index in [1.54, 1.807) is 14.2 Å². The van der Waals surface area contributed by atoms with E-state index in [0.717, 1.165) is 16.8 Å². The van der Waals surface area contributed by atoms with Crippen molar-refractivity contribution in [3.63, 3.8) is 0 Å². The van der Waals surface area contributed by atoms with Gasteiger partial charge in [0.15, 0.2) is 11.5 Å². The fourth-order valence-corrected chi connectivity index (χ4v) is 2.94. The number of methoxy groups -OCH3 is 2. The molecule has 1 amide bonds. The number of likely N-dealkylation sites (N-methyl/N-ethyl adjacent to an activating group) is 1. The third kappa shape index (κ3) is 5.73. The van der Waals surface area contributed by atoms with Crippen LogP contribution in [-0.4, -0.2) is 38.6 Å². The fraction of sp³-hybridized carbons (Fsp3) is 0.409. The molecule has 0 aromatic heterocycles. The summed E-state index contributed by atoms with van der Waals surface area (Å²) in [5.41, 5.74) is 4.28. The maximum atomic E-state index is 12.3. The Labute approximate surface area is 162 Å². The maximum Gasteiger partial charge on any atom is 0.238 e. The molecule has 2 aromatic carbocycles. The number of rotatable bonds is 8. The Morgan fingerprint density at radius 2 is 1.67 bits per heavy atom. The van der Waals surface area contributed by atoms with Gasteiger partial charge in [0, 0.05) is 12.2 Å².